The van der Waals surface area contributed by atoms with Gasteiger partial charge in [-0.2, -0.15) is 5.10 Å². The molecule has 1 fully saturated rings. The molecule has 0 unspecified atom stereocenters. The summed E-state index contributed by atoms with van der Waals surface area (Å²) in [6.45, 7) is 1.76. The lowest BCUT2D eigenvalue weighted by Crippen LogP contribution is -2.33. The second-order valence-corrected chi connectivity index (χ2v) is 6.24. The lowest BCUT2D eigenvalue weighted by molar-refractivity contribution is 0.0726. The Labute approximate surface area is 144 Å². The zero-order valence-corrected chi connectivity index (χ0v) is 14.0. The number of ether oxygens (including phenoxy) is 2. The summed E-state index contributed by atoms with van der Waals surface area (Å²) in [6, 6.07) is 8.67. The number of likely N-dealkylation sites (tertiary alicyclic amines) is 1. The highest BCUT2D eigenvalue weighted by Gasteiger charge is 2.32. The van der Waals surface area contributed by atoms with Crippen molar-refractivity contribution in [1.82, 2.24) is 14.7 Å². The SMILES string of the molecule is Cn1nc(C(=O)N2CCC[C@H]2c2ccc3c(c2)OCCO3)ccc1=O. The Bertz CT molecular complexity index is 877. The second kappa shape index (κ2) is 6.23. The maximum atomic E-state index is 12.9. The lowest BCUT2D eigenvalue weighted by Gasteiger charge is -2.26. The first-order valence-electron chi connectivity index (χ1n) is 8.38. The Morgan fingerprint density at radius 3 is 2.76 bits per heavy atom. The molecule has 1 aromatic carbocycles. The van der Waals surface area contributed by atoms with Crippen molar-refractivity contribution in [3.8, 4) is 11.5 Å². The molecule has 2 aliphatic rings. The van der Waals surface area contributed by atoms with Gasteiger partial charge in [-0.3, -0.25) is 9.59 Å². The van der Waals surface area contributed by atoms with Gasteiger partial charge in [0.2, 0.25) is 0 Å². The minimum absolute atomic E-state index is 0.0256. The summed E-state index contributed by atoms with van der Waals surface area (Å²) in [7, 11) is 1.54. The van der Waals surface area contributed by atoms with E-state index in [1.165, 1.54) is 16.8 Å². The number of amides is 1. The number of rotatable bonds is 2. The van der Waals surface area contributed by atoms with Crippen molar-refractivity contribution in [1.29, 1.82) is 0 Å². The molecule has 2 aromatic rings. The van der Waals surface area contributed by atoms with Gasteiger partial charge in [0.05, 0.1) is 6.04 Å². The molecular formula is C18H19N3O4. The molecule has 0 radical (unpaired) electrons. The van der Waals surface area contributed by atoms with Crippen LogP contribution in [0.3, 0.4) is 0 Å². The second-order valence-electron chi connectivity index (χ2n) is 6.24. The molecule has 130 valence electrons. The number of fused-ring (bicyclic) bond motifs is 1. The third-order valence-electron chi connectivity index (χ3n) is 4.64. The van der Waals surface area contributed by atoms with Crippen LogP contribution < -0.4 is 15.0 Å². The summed E-state index contributed by atoms with van der Waals surface area (Å²) in [5.41, 5.74) is 1.08. The monoisotopic (exact) mass is 341 g/mol. The smallest absolute Gasteiger partial charge is 0.274 e. The van der Waals surface area contributed by atoms with Crippen LogP contribution in [-0.4, -0.2) is 40.3 Å². The van der Waals surface area contributed by atoms with E-state index < -0.39 is 0 Å². The number of hydrogen-bond acceptors (Lipinski definition) is 5. The van der Waals surface area contributed by atoms with Gasteiger partial charge in [0.1, 0.15) is 18.9 Å². The van der Waals surface area contributed by atoms with Crippen molar-refractivity contribution in [3.05, 3.63) is 51.9 Å². The highest BCUT2D eigenvalue weighted by atomic mass is 16.6. The highest BCUT2D eigenvalue weighted by molar-refractivity contribution is 5.92. The Morgan fingerprint density at radius 1 is 1.16 bits per heavy atom. The van der Waals surface area contributed by atoms with Gasteiger partial charge in [-0.15, -0.1) is 0 Å². The molecule has 7 nitrogen and oxygen atoms in total. The molecule has 3 heterocycles. The summed E-state index contributed by atoms with van der Waals surface area (Å²) in [6.07, 6.45) is 1.81. The van der Waals surface area contributed by atoms with Crippen LogP contribution in [0.25, 0.3) is 0 Å². The first-order chi connectivity index (χ1) is 12.1. The van der Waals surface area contributed by atoms with Gasteiger partial charge in [0.25, 0.3) is 11.5 Å². The molecule has 1 saturated heterocycles. The van der Waals surface area contributed by atoms with E-state index in [2.05, 4.69) is 5.10 Å². The van der Waals surface area contributed by atoms with Crippen LogP contribution in [0.1, 0.15) is 34.9 Å². The van der Waals surface area contributed by atoms with Gasteiger partial charge in [-0.1, -0.05) is 6.07 Å². The molecule has 0 bridgehead atoms. The Hall–Kier alpha value is -2.83. The Morgan fingerprint density at radius 2 is 1.96 bits per heavy atom. The number of aromatic nitrogens is 2. The molecule has 1 aromatic heterocycles. The normalized spacial score (nSPS) is 19.1. The fourth-order valence-electron chi connectivity index (χ4n) is 3.39. The van der Waals surface area contributed by atoms with Crippen molar-refractivity contribution in [2.45, 2.75) is 18.9 Å². The zero-order valence-electron chi connectivity index (χ0n) is 14.0. The van der Waals surface area contributed by atoms with Gasteiger partial charge < -0.3 is 14.4 Å². The van der Waals surface area contributed by atoms with E-state index in [0.29, 0.717) is 19.8 Å². The average molecular weight is 341 g/mol. The summed E-state index contributed by atoms with van der Waals surface area (Å²) in [5.74, 6) is 1.31. The highest BCUT2D eigenvalue weighted by Crippen LogP contribution is 2.38. The fourth-order valence-corrected chi connectivity index (χ4v) is 3.39. The third-order valence-corrected chi connectivity index (χ3v) is 4.64. The average Bonchev–Trinajstić information content (AvgIpc) is 3.12. The van der Waals surface area contributed by atoms with E-state index in [-0.39, 0.29) is 23.2 Å². The zero-order chi connectivity index (χ0) is 17.4. The van der Waals surface area contributed by atoms with E-state index in [1.807, 2.05) is 23.1 Å². The van der Waals surface area contributed by atoms with Gasteiger partial charge in [-0.05, 0) is 36.6 Å². The van der Waals surface area contributed by atoms with Crippen LogP contribution in [0.4, 0.5) is 0 Å². The number of carbonyl (C=O) groups is 1. The van der Waals surface area contributed by atoms with Gasteiger partial charge in [0, 0.05) is 19.7 Å². The molecule has 1 amide bonds. The first-order valence-corrected chi connectivity index (χ1v) is 8.38. The van der Waals surface area contributed by atoms with Crippen molar-refractivity contribution < 1.29 is 14.3 Å². The van der Waals surface area contributed by atoms with Crippen LogP contribution in [0.15, 0.2) is 35.1 Å². The van der Waals surface area contributed by atoms with E-state index >= 15 is 0 Å². The van der Waals surface area contributed by atoms with E-state index in [9.17, 15) is 9.59 Å². The van der Waals surface area contributed by atoms with Gasteiger partial charge in [0.15, 0.2) is 11.5 Å². The largest absolute Gasteiger partial charge is 0.486 e. The number of carbonyl (C=O) groups excluding carboxylic acids is 1. The lowest BCUT2D eigenvalue weighted by atomic mass is 10.0. The quantitative estimate of drug-likeness (QED) is 0.828. The maximum Gasteiger partial charge on any atom is 0.274 e. The summed E-state index contributed by atoms with van der Waals surface area (Å²) in [4.78, 5) is 26.2. The predicted octanol–water partition coefficient (Wildman–Crippen LogP) is 1.53. The van der Waals surface area contributed by atoms with Crippen LogP contribution in [-0.2, 0) is 7.05 Å². The molecule has 0 aliphatic carbocycles. The minimum Gasteiger partial charge on any atom is -0.486 e. The molecule has 2 aliphatic heterocycles. The molecule has 7 heteroatoms. The van der Waals surface area contributed by atoms with E-state index in [0.717, 1.165) is 29.9 Å². The molecule has 1 atom stereocenters. The van der Waals surface area contributed by atoms with Crippen molar-refractivity contribution >= 4 is 5.91 Å². The number of aryl methyl sites for hydroxylation is 1. The van der Waals surface area contributed by atoms with Crippen LogP contribution in [0, 0.1) is 0 Å². The van der Waals surface area contributed by atoms with E-state index in [4.69, 9.17) is 9.47 Å². The minimum atomic E-state index is -0.235. The molecule has 0 spiro atoms. The standard InChI is InChI=1S/C18H19N3O4/c1-20-17(22)7-5-13(19-20)18(23)21-8-2-3-14(21)12-4-6-15-16(11-12)25-10-9-24-15/h4-7,11,14H,2-3,8-10H2,1H3/t14-/m0/s1. The summed E-state index contributed by atoms with van der Waals surface area (Å²) in [5, 5.41) is 4.08. The Balaban J connectivity index is 1.62. The molecular weight excluding hydrogens is 322 g/mol. The fraction of sp³-hybridized carbons (Fsp3) is 0.389. The number of hydrogen-bond donors (Lipinski definition) is 0. The number of nitrogens with zero attached hydrogens (tertiary/aromatic N) is 3. The predicted molar refractivity (Wildman–Crippen MR) is 89.9 cm³/mol. The summed E-state index contributed by atoms with van der Waals surface area (Å²) < 4.78 is 12.4. The topological polar surface area (TPSA) is 73.7 Å². The Kier molecular flexibility index (Phi) is 3.91. The van der Waals surface area contributed by atoms with Crippen molar-refractivity contribution in [2.75, 3.05) is 19.8 Å². The molecule has 0 N–H and O–H groups in total. The van der Waals surface area contributed by atoms with E-state index in [1.54, 1.807) is 7.05 Å². The van der Waals surface area contributed by atoms with Crippen LogP contribution in [0.2, 0.25) is 0 Å². The van der Waals surface area contributed by atoms with Gasteiger partial charge >= 0.3 is 0 Å². The van der Waals surface area contributed by atoms with Crippen LogP contribution >= 0.6 is 0 Å². The van der Waals surface area contributed by atoms with Crippen LogP contribution in [0.5, 0.6) is 11.5 Å². The molecule has 0 saturated carbocycles. The first kappa shape index (κ1) is 15.7. The molecule has 4 rings (SSSR count). The van der Waals surface area contributed by atoms with Crippen molar-refractivity contribution in [3.63, 3.8) is 0 Å². The maximum absolute atomic E-state index is 12.9. The molecule has 25 heavy (non-hydrogen) atoms. The third kappa shape index (κ3) is 2.86. The van der Waals surface area contributed by atoms with Crippen molar-refractivity contribution in [2.24, 2.45) is 7.05 Å². The van der Waals surface area contributed by atoms with Gasteiger partial charge in [-0.25, -0.2) is 4.68 Å². The number of benzene rings is 1. The summed E-state index contributed by atoms with van der Waals surface area (Å²) >= 11 is 0.